The van der Waals surface area contributed by atoms with E-state index in [1.165, 1.54) is 0 Å². The number of benzene rings is 2. The third kappa shape index (κ3) is 3.24. The quantitative estimate of drug-likeness (QED) is 0.593. The van der Waals surface area contributed by atoms with Crippen LogP contribution in [-0.4, -0.2) is 5.91 Å². The molecule has 0 unspecified atom stereocenters. The van der Waals surface area contributed by atoms with E-state index in [-0.39, 0.29) is 5.91 Å². The Kier molecular flexibility index (Phi) is 4.39. The Labute approximate surface area is 116 Å². The molecule has 2 rings (SSSR count). The Balaban J connectivity index is 2.08. The monoisotopic (exact) mass is 275 g/mol. The zero-order valence-corrected chi connectivity index (χ0v) is 10.9. The maximum absolute atomic E-state index is 12.1. The van der Waals surface area contributed by atoms with Crippen LogP contribution in [0.15, 0.2) is 48.5 Å². The van der Waals surface area contributed by atoms with Crippen LogP contribution in [0.5, 0.6) is 0 Å². The third-order valence-electron chi connectivity index (χ3n) is 2.72. The van der Waals surface area contributed by atoms with Crippen molar-refractivity contribution in [3.8, 4) is 0 Å². The molecule has 4 N–H and O–H groups in total. The number of nitrogen functional groups attached to an aromatic ring is 1. The Hall–Kier alpha value is -2.04. The van der Waals surface area contributed by atoms with Gasteiger partial charge in [-0.25, -0.2) is 0 Å². The Morgan fingerprint density at radius 3 is 2.53 bits per heavy atom. The van der Waals surface area contributed by atoms with Gasteiger partial charge in [-0.05, 0) is 23.8 Å². The number of carbonyl (C=O) groups excluding carboxylic acids is 1. The van der Waals surface area contributed by atoms with Gasteiger partial charge in [0.25, 0.3) is 5.91 Å². The van der Waals surface area contributed by atoms with Crippen molar-refractivity contribution in [2.75, 3.05) is 5.43 Å². The molecule has 1 amide bonds. The molecule has 19 heavy (non-hydrogen) atoms. The minimum atomic E-state index is -0.200. The molecule has 0 atom stereocenters. The highest BCUT2D eigenvalue weighted by molar-refractivity contribution is 6.31. The summed E-state index contributed by atoms with van der Waals surface area (Å²) in [6.45, 7) is 0.372. The summed E-state index contributed by atoms with van der Waals surface area (Å²) in [5.74, 6) is 5.17. The first kappa shape index (κ1) is 13.4. The van der Waals surface area contributed by atoms with Gasteiger partial charge >= 0.3 is 0 Å². The van der Waals surface area contributed by atoms with Crippen molar-refractivity contribution in [1.82, 2.24) is 5.32 Å². The number of hydrogen-bond acceptors (Lipinski definition) is 3. The molecule has 5 heteroatoms. The smallest absolute Gasteiger partial charge is 0.253 e. The number of rotatable bonds is 4. The number of nitrogens with one attached hydrogen (secondary N) is 2. The molecule has 98 valence electrons. The lowest BCUT2D eigenvalue weighted by molar-refractivity contribution is 0.0951. The molecule has 0 spiro atoms. The van der Waals surface area contributed by atoms with E-state index in [1.807, 2.05) is 18.2 Å². The number of halogens is 1. The predicted octanol–water partition coefficient (Wildman–Crippen LogP) is 2.56. The maximum atomic E-state index is 12.1. The number of carbonyl (C=O) groups is 1. The van der Waals surface area contributed by atoms with Crippen LogP contribution in [0.3, 0.4) is 0 Å². The van der Waals surface area contributed by atoms with Crippen LogP contribution in [0.1, 0.15) is 15.9 Å². The van der Waals surface area contributed by atoms with Crippen LogP contribution in [0.4, 0.5) is 5.69 Å². The van der Waals surface area contributed by atoms with Crippen molar-refractivity contribution in [2.45, 2.75) is 6.54 Å². The number of amides is 1. The largest absolute Gasteiger partial charge is 0.348 e. The van der Waals surface area contributed by atoms with E-state index in [0.717, 1.165) is 5.56 Å². The fourth-order valence-electron chi connectivity index (χ4n) is 1.72. The lowest BCUT2D eigenvalue weighted by Gasteiger charge is -2.10. The van der Waals surface area contributed by atoms with Gasteiger partial charge in [0.1, 0.15) is 0 Å². The van der Waals surface area contributed by atoms with Gasteiger partial charge in [0, 0.05) is 11.6 Å². The number of anilines is 1. The molecule has 0 saturated heterocycles. The first-order chi connectivity index (χ1) is 9.22. The summed E-state index contributed by atoms with van der Waals surface area (Å²) in [7, 11) is 0. The summed E-state index contributed by atoms with van der Waals surface area (Å²) < 4.78 is 0. The number of para-hydroxylation sites is 1. The topological polar surface area (TPSA) is 67.1 Å². The van der Waals surface area contributed by atoms with E-state index in [2.05, 4.69) is 10.7 Å². The molecule has 0 fully saturated rings. The molecule has 0 bridgehead atoms. The fourth-order valence-corrected chi connectivity index (χ4v) is 1.92. The molecule has 0 aromatic heterocycles. The van der Waals surface area contributed by atoms with Crippen LogP contribution >= 0.6 is 11.6 Å². The van der Waals surface area contributed by atoms with Crippen molar-refractivity contribution in [3.05, 3.63) is 64.7 Å². The van der Waals surface area contributed by atoms with Crippen LogP contribution in [0, 0.1) is 0 Å². The first-order valence-corrected chi connectivity index (χ1v) is 6.17. The maximum Gasteiger partial charge on any atom is 0.253 e. The molecular weight excluding hydrogens is 262 g/mol. The molecule has 4 nitrogen and oxygen atoms in total. The van der Waals surface area contributed by atoms with E-state index in [4.69, 9.17) is 17.4 Å². The molecule has 2 aromatic rings. The average Bonchev–Trinajstić information content (AvgIpc) is 2.46. The molecule has 0 radical (unpaired) electrons. The van der Waals surface area contributed by atoms with Crippen molar-refractivity contribution >= 4 is 23.2 Å². The standard InChI is InChI=1S/C14H14ClN3O/c15-12-7-3-1-5-10(12)9-17-14(19)11-6-2-4-8-13(11)18-16/h1-8,18H,9,16H2,(H,17,19). The van der Waals surface area contributed by atoms with Gasteiger partial charge in [-0.2, -0.15) is 0 Å². The van der Waals surface area contributed by atoms with Crippen LogP contribution < -0.4 is 16.6 Å². The molecule has 0 heterocycles. The Morgan fingerprint density at radius 2 is 1.79 bits per heavy atom. The van der Waals surface area contributed by atoms with Crippen molar-refractivity contribution in [1.29, 1.82) is 0 Å². The van der Waals surface area contributed by atoms with E-state index in [0.29, 0.717) is 22.8 Å². The zero-order chi connectivity index (χ0) is 13.7. The van der Waals surface area contributed by atoms with Crippen LogP contribution in [-0.2, 0) is 6.54 Å². The predicted molar refractivity (Wildman–Crippen MR) is 76.9 cm³/mol. The highest BCUT2D eigenvalue weighted by atomic mass is 35.5. The van der Waals surface area contributed by atoms with Crippen molar-refractivity contribution in [2.24, 2.45) is 5.84 Å². The SMILES string of the molecule is NNc1ccccc1C(=O)NCc1ccccc1Cl. The summed E-state index contributed by atoms with van der Waals surface area (Å²) in [5, 5.41) is 3.44. The van der Waals surface area contributed by atoms with Gasteiger partial charge in [0.05, 0.1) is 11.3 Å². The molecule has 0 saturated carbocycles. The molecule has 0 aliphatic carbocycles. The Morgan fingerprint density at radius 1 is 1.11 bits per heavy atom. The van der Waals surface area contributed by atoms with Gasteiger partial charge in [-0.3, -0.25) is 10.6 Å². The zero-order valence-electron chi connectivity index (χ0n) is 10.2. The normalized spacial score (nSPS) is 10.0. The fraction of sp³-hybridized carbons (Fsp3) is 0.0714. The summed E-state index contributed by atoms with van der Waals surface area (Å²) in [5.41, 5.74) is 4.45. The first-order valence-electron chi connectivity index (χ1n) is 5.79. The third-order valence-corrected chi connectivity index (χ3v) is 3.09. The summed E-state index contributed by atoms with van der Waals surface area (Å²) in [4.78, 5) is 12.1. The minimum Gasteiger partial charge on any atom is -0.348 e. The van der Waals surface area contributed by atoms with Crippen LogP contribution in [0.2, 0.25) is 5.02 Å². The minimum absolute atomic E-state index is 0.200. The number of nitrogens with two attached hydrogens (primary N) is 1. The molecule has 2 aromatic carbocycles. The number of hydrogen-bond donors (Lipinski definition) is 3. The lowest BCUT2D eigenvalue weighted by Crippen LogP contribution is -2.24. The Bertz CT molecular complexity index is 586. The highest BCUT2D eigenvalue weighted by Crippen LogP contribution is 2.16. The van der Waals surface area contributed by atoms with Gasteiger partial charge in [0.15, 0.2) is 0 Å². The summed E-state index contributed by atoms with van der Waals surface area (Å²) >= 11 is 6.03. The lowest BCUT2D eigenvalue weighted by atomic mass is 10.1. The van der Waals surface area contributed by atoms with E-state index in [1.54, 1.807) is 30.3 Å². The van der Waals surface area contributed by atoms with Gasteiger partial charge < -0.3 is 10.7 Å². The average molecular weight is 276 g/mol. The summed E-state index contributed by atoms with van der Waals surface area (Å²) in [6, 6.07) is 14.4. The van der Waals surface area contributed by atoms with E-state index >= 15 is 0 Å². The molecule has 0 aliphatic heterocycles. The van der Waals surface area contributed by atoms with E-state index < -0.39 is 0 Å². The number of hydrazine groups is 1. The molecule has 0 aliphatic rings. The second-order valence-corrected chi connectivity index (χ2v) is 4.37. The van der Waals surface area contributed by atoms with E-state index in [9.17, 15) is 4.79 Å². The van der Waals surface area contributed by atoms with Gasteiger partial charge in [-0.1, -0.05) is 41.9 Å². The van der Waals surface area contributed by atoms with Gasteiger partial charge in [-0.15, -0.1) is 0 Å². The van der Waals surface area contributed by atoms with Gasteiger partial charge in [0.2, 0.25) is 0 Å². The van der Waals surface area contributed by atoms with Crippen molar-refractivity contribution < 1.29 is 4.79 Å². The second kappa shape index (κ2) is 6.22. The second-order valence-electron chi connectivity index (χ2n) is 3.96. The summed E-state index contributed by atoms with van der Waals surface area (Å²) in [6.07, 6.45) is 0. The molecular formula is C14H14ClN3O. The highest BCUT2D eigenvalue weighted by Gasteiger charge is 2.10. The van der Waals surface area contributed by atoms with Crippen molar-refractivity contribution in [3.63, 3.8) is 0 Å². The van der Waals surface area contributed by atoms with Crippen LogP contribution in [0.25, 0.3) is 0 Å².